The molecule has 1 aliphatic heterocycles. The molecule has 7 heteroatoms. The summed E-state index contributed by atoms with van der Waals surface area (Å²) in [6, 6.07) is 4.87. The third-order valence-electron chi connectivity index (χ3n) is 5.56. The maximum Gasteiger partial charge on any atom is 0.471 e. The largest absolute Gasteiger partial charge is 0.471 e. The summed E-state index contributed by atoms with van der Waals surface area (Å²) in [6.07, 6.45) is 0.750. The second kappa shape index (κ2) is 7.90. The molecule has 2 amide bonds. The highest BCUT2D eigenvalue weighted by Crippen LogP contribution is 2.28. The van der Waals surface area contributed by atoms with Crippen LogP contribution in [0.15, 0.2) is 18.2 Å². The zero-order chi connectivity index (χ0) is 19.6. The van der Waals surface area contributed by atoms with E-state index in [1.165, 1.54) is 17.5 Å². The number of amides is 2. The predicted octanol–water partition coefficient (Wildman–Crippen LogP) is 3.69. The van der Waals surface area contributed by atoms with Crippen LogP contribution in [0.2, 0.25) is 0 Å². The van der Waals surface area contributed by atoms with Crippen LogP contribution in [0.5, 0.6) is 0 Å². The molecule has 148 valence electrons. The van der Waals surface area contributed by atoms with E-state index in [0.29, 0.717) is 17.7 Å². The quantitative estimate of drug-likeness (QED) is 0.864. The minimum absolute atomic E-state index is 0.0356. The highest BCUT2D eigenvalue weighted by Gasteiger charge is 2.47. The van der Waals surface area contributed by atoms with Crippen LogP contribution in [0.1, 0.15) is 61.8 Å². The molecule has 1 fully saturated rings. The minimum atomic E-state index is -4.95. The second-order valence-corrected chi connectivity index (χ2v) is 7.36. The fraction of sp³-hybridized carbons (Fsp3) is 0.600. The fourth-order valence-electron chi connectivity index (χ4n) is 4.10. The van der Waals surface area contributed by atoms with Gasteiger partial charge in [-0.1, -0.05) is 25.1 Å². The first-order valence-corrected chi connectivity index (χ1v) is 9.61. The van der Waals surface area contributed by atoms with Gasteiger partial charge in [-0.15, -0.1) is 0 Å². The number of alkyl halides is 3. The van der Waals surface area contributed by atoms with E-state index in [-0.39, 0.29) is 19.0 Å². The Morgan fingerprint density at radius 2 is 1.89 bits per heavy atom. The number of hydrogen-bond acceptors (Lipinski definition) is 2. The number of aryl methyl sites for hydroxylation is 2. The van der Waals surface area contributed by atoms with E-state index < -0.39 is 24.0 Å². The minimum Gasteiger partial charge on any atom is -0.348 e. The van der Waals surface area contributed by atoms with Crippen LogP contribution in [0, 0.1) is 0 Å². The van der Waals surface area contributed by atoms with Crippen molar-refractivity contribution in [3.63, 3.8) is 0 Å². The molecular weight excluding hydrogens is 357 g/mol. The van der Waals surface area contributed by atoms with Crippen LogP contribution in [-0.4, -0.2) is 35.5 Å². The van der Waals surface area contributed by atoms with Crippen molar-refractivity contribution in [1.29, 1.82) is 0 Å². The number of nitrogens with zero attached hydrogens (tertiary/aromatic N) is 1. The molecule has 1 aliphatic carbocycles. The first-order valence-electron chi connectivity index (χ1n) is 9.61. The summed E-state index contributed by atoms with van der Waals surface area (Å²) in [4.78, 5) is 24.9. The van der Waals surface area contributed by atoms with Crippen molar-refractivity contribution in [3.8, 4) is 0 Å². The SMILES string of the molecule is CCC(NC(=O)C1CCCN1C(=O)C(F)(F)F)c1ccc2c(c1)CCCC2. The van der Waals surface area contributed by atoms with Gasteiger partial charge < -0.3 is 10.2 Å². The third-order valence-corrected chi connectivity index (χ3v) is 5.56. The molecular formula is C20H25F3N2O2. The van der Waals surface area contributed by atoms with Gasteiger partial charge in [-0.05, 0) is 61.6 Å². The Balaban J connectivity index is 1.72. The standard InChI is InChI=1S/C20H25F3N2O2/c1-2-16(15-10-9-13-6-3-4-7-14(13)12-15)24-18(26)17-8-5-11-25(17)19(27)20(21,22)23/h9-10,12,16-17H,2-8,11H2,1H3,(H,24,26). The molecule has 1 aromatic carbocycles. The molecule has 2 aliphatic rings. The Morgan fingerprint density at radius 1 is 1.19 bits per heavy atom. The van der Waals surface area contributed by atoms with Gasteiger partial charge in [0.1, 0.15) is 6.04 Å². The van der Waals surface area contributed by atoms with Crippen LogP contribution >= 0.6 is 0 Å². The van der Waals surface area contributed by atoms with E-state index in [9.17, 15) is 22.8 Å². The number of benzene rings is 1. The molecule has 1 saturated heterocycles. The summed E-state index contributed by atoms with van der Waals surface area (Å²) in [5, 5.41) is 2.87. The molecule has 0 saturated carbocycles. The Bertz CT molecular complexity index is 718. The Kier molecular flexibility index (Phi) is 5.77. The highest BCUT2D eigenvalue weighted by molar-refractivity contribution is 5.90. The Labute approximate surface area is 157 Å². The van der Waals surface area contributed by atoms with Crippen molar-refractivity contribution in [2.45, 2.75) is 70.1 Å². The lowest BCUT2D eigenvalue weighted by Crippen LogP contribution is -2.50. The smallest absolute Gasteiger partial charge is 0.348 e. The van der Waals surface area contributed by atoms with E-state index >= 15 is 0 Å². The molecule has 0 spiro atoms. The van der Waals surface area contributed by atoms with Crippen molar-refractivity contribution < 1.29 is 22.8 Å². The first-order chi connectivity index (χ1) is 12.8. The van der Waals surface area contributed by atoms with Crippen LogP contribution in [0.25, 0.3) is 0 Å². The van der Waals surface area contributed by atoms with Gasteiger partial charge in [-0.25, -0.2) is 0 Å². The molecule has 0 radical (unpaired) electrons. The number of rotatable bonds is 4. The lowest BCUT2D eigenvalue weighted by molar-refractivity contribution is -0.186. The van der Waals surface area contributed by atoms with Crippen molar-refractivity contribution in [2.75, 3.05) is 6.54 Å². The zero-order valence-electron chi connectivity index (χ0n) is 15.4. The van der Waals surface area contributed by atoms with Gasteiger partial charge in [0.15, 0.2) is 0 Å². The number of carbonyl (C=O) groups is 2. The molecule has 1 heterocycles. The molecule has 3 rings (SSSR count). The van der Waals surface area contributed by atoms with E-state index in [0.717, 1.165) is 24.8 Å². The van der Waals surface area contributed by atoms with E-state index in [2.05, 4.69) is 17.4 Å². The van der Waals surface area contributed by atoms with Gasteiger partial charge in [0.25, 0.3) is 0 Å². The number of halogens is 3. The van der Waals surface area contributed by atoms with E-state index in [4.69, 9.17) is 0 Å². The summed E-state index contributed by atoms with van der Waals surface area (Å²) < 4.78 is 38.3. The second-order valence-electron chi connectivity index (χ2n) is 7.36. The van der Waals surface area contributed by atoms with E-state index in [1.54, 1.807) is 0 Å². The highest BCUT2D eigenvalue weighted by atomic mass is 19.4. The van der Waals surface area contributed by atoms with Crippen LogP contribution in [0.4, 0.5) is 13.2 Å². The van der Waals surface area contributed by atoms with Crippen molar-refractivity contribution >= 4 is 11.8 Å². The maximum atomic E-state index is 12.8. The summed E-state index contributed by atoms with van der Waals surface area (Å²) in [7, 11) is 0. The average molecular weight is 382 g/mol. The lowest BCUT2D eigenvalue weighted by atomic mass is 9.88. The zero-order valence-corrected chi connectivity index (χ0v) is 15.4. The number of hydrogen-bond donors (Lipinski definition) is 1. The Hall–Kier alpha value is -2.05. The normalized spacial score (nSPS) is 20.9. The summed E-state index contributed by atoms with van der Waals surface area (Å²) in [5.41, 5.74) is 3.60. The first kappa shape index (κ1) is 19.7. The fourth-order valence-corrected chi connectivity index (χ4v) is 4.10. The van der Waals surface area contributed by atoms with Crippen molar-refractivity contribution in [1.82, 2.24) is 10.2 Å². The van der Waals surface area contributed by atoms with Crippen LogP contribution < -0.4 is 5.32 Å². The summed E-state index contributed by atoms with van der Waals surface area (Å²) in [5.74, 6) is -2.43. The average Bonchev–Trinajstić information content (AvgIpc) is 3.13. The van der Waals surface area contributed by atoms with Gasteiger partial charge in [-0.3, -0.25) is 9.59 Å². The molecule has 2 unspecified atom stereocenters. The van der Waals surface area contributed by atoms with Crippen LogP contribution in [-0.2, 0) is 22.4 Å². The summed E-state index contributed by atoms with van der Waals surface area (Å²) >= 11 is 0. The van der Waals surface area contributed by atoms with Gasteiger partial charge >= 0.3 is 12.1 Å². The number of nitrogens with one attached hydrogen (secondary N) is 1. The topological polar surface area (TPSA) is 49.4 Å². The lowest BCUT2D eigenvalue weighted by Gasteiger charge is -2.27. The van der Waals surface area contributed by atoms with Crippen molar-refractivity contribution in [2.24, 2.45) is 0 Å². The van der Waals surface area contributed by atoms with Crippen LogP contribution in [0.3, 0.4) is 0 Å². The number of likely N-dealkylation sites (tertiary alicyclic amines) is 1. The molecule has 1 N–H and O–H groups in total. The molecule has 1 aromatic rings. The maximum absolute atomic E-state index is 12.8. The molecule has 27 heavy (non-hydrogen) atoms. The number of carbonyl (C=O) groups excluding carboxylic acids is 2. The third kappa shape index (κ3) is 4.28. The molecule has 4 nitrogen and oxygen atoms in total. The summed E-state index contributed by atoms with van der Waals surface area (Å²) in [6.45, 7) is 1.89. The predicted molar refractivity (Wildman–Crippen MR) is 95.0 cm³/mol. The molecule has 2 atom stereocenters. The van der Waals surface area contributed by atoms with Gasteiger partial charge in [0, 0.05) is 6.54 Å². The Morgan fingerprint density at radius 3 is 2.56 bits per heavy atom. The van der Waals surface area contributed by atoms with Gasteiger partial charge in [-0.2, -0.15) is 13.2 Å². The van der Waals surface area contributed by atoms with Gasteiger partial charge in [0.2, 0.25) is 5.91 Å². The number of fused-ring (bicyclic) bond motifs is 1. The monoisotopic (exact) mass is 382 g/mol. The van der Waals surface area contributed by atoms with Crippen molar-refractivity contribution in [3.05, 3.63) is 34.9 Å². The molecule has 0 aromatic heterocycles. The van der Waals surface area contributed by atoms with Gasteiger partial charge in [0.05, 0.1) is 6.04 Å². The van der Waals surface area contributed by atoms with E-state index in [1.807, 2.05) is 13.0 Å². The molecule has 0 bridgehead atoms.